The van der Waals surface area contributed by atoms with E-state index in [1.165, 1.54) is 13.3 Å². The number of aryl methyl sites for hydroxylation is 1. The first-order valence-electron chi connectivity index (χ1n) is 13.7. The number of benzene rings is 3. The first kappa shape index (κ1) is 32.3. The third-order valence-corrected chi connectivity index (χ3v) is 7.01. The zero-order valence-electron chi connectivity index (χ0n) is 24.7. The zero-order valence-corrected chi connectivity index (χ0v) is 26.3. The molecule has 1 heterocycles. The summed E-state index contributed by atoms with van der Waals surface area (Å²) < 4.78 is 22.5. The summed E-state index contributed by atoms with van der Waals surface area (Å²) in [4.78, 5) is 25.3. The molecule has 0 aromatic heterocycles. The van der Waals surface area contributed by atoms with E-state index >= 15 is 0 Å². The Labute approximate surface area is 266 Å². The fourth-order valence-corrected chi connectivity index (χ4v) is 4.95. The minimum Gasteiger partial charge on any atom is -0.493 e. The van der Waals surface area contributed by atoms with Gasteiger partial charge in [-0.2, -0.15) is 5.10 Å². The number of ether oxygens (including phenoxy) is 4. The Balaban J connectivity index is 1.39. The lowest BCUT2D eigenvalue weighted by Gasteiger charge is -2.30. The zero-order chi connectivity index (χ0) is 31.6. The van der Waals surface area contributed by atoms with E-state index in [1.807, 2.05) is 31.2 Å². The Morgan fingerprint density at radius 2 is 1.82 bits per heavy atom. The van der Waals surface area contributed by atoms with Gasteiger partial charge in [-0.15, -0.1) is 0 Å². The van der Waals surface area contributed by atoms with Gasteiger partial charge < -0.3 is 29.6 Å². The number of carbonyl (C=O) groups excluding carboxylic acids is 2. The standard InChI is InChI=1S/C32H33ClN4O6S/c1-5-41-31(39)28-20(3)35-32(44)36-29(28)23-8-6-7-9-25(23)42-18-27(38)37-34-16-22-14-24(33)30(26(15-22)40-4)43-17-21-12-10-19(2)11-13-21/h6-16,29H,5,17-18H2,1-4H3,(H,37,38)(H2,35,36,44)/t29-/m1/s1. The van der Waals surface area contributed by atoms with Gasteiger partial charge in [-0.3, -0.25) is 4.79 Å². The molecule has 0 spiro atoms. The number of rotatable bonds is 12. The molecule has 10 nitrogen and oxygen atoms in total. The van der Waals surface area contributed by atoms with Crippen molar-refractivity contribution in [1.82, 2.24) is 16.1 Å². The van der Waals surface area contributed by atoms with Crippen molar-refractivity contribution in [3.8, 4) is 17.2 Å². The lowest BCUT2D eigenvalue weighted by Crippen LogP contribution is -2.45. The number of allylic oxidation sites excluding steroid dienone is 1. The van der Waals surface area contributed by atoms with Crippen LogP contribution < -0.4 is 30.3 Å². The Morgan fingerprint density at radius 1 is 1.07 bits per heavy atom. The Hall–Kier alpha value is -4.61. The summed E-state index contributed by atoms with van der Waals surface area (Å²) >= 11 is 11.8. The van der Waals surface area contributed by atoms with E-state index in [-0.39, 0.29) is 13.2 Å². The molecule has 3 N–H and O–H groups in total. The molecule has 12 heteroatoms. The molecule has 1 aliphatic heterocycles. The number of carbonyl (C=O) groups is 2. The monoisotopic (exact) mass is 636 g/mol. The van der Waals surface area contributed by atoms with Gasteiger partial charge in [-0.25, -0.2) is 10.2 Å². The number of hydrazone groups is 1. The summed E-state index contributed by atoms with van der Waals surface area (Å²) in [7, 11) is 1.52. The lowest BCUT2D eigenvalue weighted by molar-refractivity contribution is -0.139. The molecule has 1 atom stereocenters. The number of amides is 1. The molecule has 0 aliphatic carbocycles. The molecule has 3 aromatic rings. The van der Waals surface area contributed by atoms with Gasteiger partial charge in [-0.1, -0.05) is 59.6 Å². The highest BCUT2D eigenvalue weighted by molar-refractivity contribution is 7.80. The predicted octanol–water partition coefficient (Wildman–Crippen LogP) is 5.12. The van der Waals surface area contributed by atoms with Gasteiger partial charge in [0.1, 0.15) is 12.4 Å². The number of hydrogen-bond acceptors (Lipinski definition) is 8. The van der Waals surface area contributed by atoms with Gasteiger partial charge in [0.2, 0.25) is 0 Å². The van der Waals surface area contributed by atoms with E-state index in [9.17, 15) is 9.59 Å². The van der Waals surface area contributed by atoms with Crippen LogP contribution >= 0.6 is 23.8 Å². The van der Waals surface area contributed by atoms with Gasteiger partial charge in [0.25, 0.3) is 5.91 Å². The van der Waals surface area contributed by atoms with Gasteiger partial charge in [0.15, 0.2) is 23.2 Å². The molecule has 0 saturated heterocycles. The van der Waals surface area contributed by atoms with Crippen molar-refractivity contribution < 1.29 is 28.5 Å². The second kappa shape index (κ2) is 15.2. The van der Waals surface area contributed by atoms with Crippen molar-refractivity contribution in [2.75, 3.05) is 20.3 Å². The maximum Gasteiger partial charge on any atom is 0.338 e. The molecule has 1 aliphatic rings. The van der Waals surface area contributed by atoms with Crippen LogP contribution in [0.15, 0.2) is 77.0 Å². The number of halogens is 1. The second-order valence-corrected chi connectivity index (χ2v) is 10.5. The van der Waals surface area contributed by atoms with Gasteiger partial charge in [0, 0.05) is 11.3 Å². The van der Waals surface area contributed by atoms with E-state index in [4.69, 9.17) is 42.8 Å². The van der Waals surface area contributed by atoms with Crippen LogP contribution in [0.25, 0.3) is 0 Å². The Bertz CT molecular complexity index is 1590. The van der Waals surface area contributed by atoms with Gasteiger partial charge in [-0.05, 0) is 62.3 Å². The van der Waals surface area contributed by atoms with Gasteiger partial charge >= 0.3 is 5.97 Å². The van der Waals surface area contributed by atoms with E-state index < -0.39 is 17.9 Å². The summed E-state index contributed by atoms with van der Waals surface area (Å²) in [6, 6.07) is 17.8. The largest absolute Gasteiger partial charge is 0.493 e. The van der Waals surface area contributed by atoms with Crippen LogP contribution in [-0.2, 0) is 20.9 Å². The van der Waals surface area contributed by atoms with Crippen molar-refractivity contribution in [2.24, 2.45) is 5.10 Å². The van der Waals surface area contributed by atoms with Crippen molar-refractivity contribution in [1.29, 1.82) is 0 Å². The number of para-hydroxylation sites is 1. The minimum atomic E-state index is -0.636. The molecule has 1 amide bonds. The lowest BCUT2D eigenvalue weighted by atomic mass is 9.95. The summed E-state index contributed by atoms with van der Waals surface area (Å²) in [6.45, 7) is 5.71. The van der Waals surface area contributed by atoms with Crippen molar-refractivity contribution in [3.63, 3.8) is 0 Å². The summed E-state index contributed by atoms with van der Waals surface area (Å²) in [6.07, 6.45) is 1.43. The molecule has 0 radical (unpaired) electrons. The fraction of sp³-hybridized carbons (Fsp3) is 0.250. The van der Waals surface area contributed by atoms with E-state index in [2.05, 4.69) is 21.2 Å². The summed E-state index contributed by atoms with van der Waals surface area (Å²) in [5, 5.41) is 10.8. The summed E-state index contributed by atoms with van der Waals surface area (Å²) in [5.41, 5.74) is 6.73. The number of hydrogen-bond donors (Lipinski definition) is 3. The average molecular weight is 637 g/mol. The maximum atomic E-state index is 12.7. The highest BCUT2D eigenvalue weighted by atomic mass is 35.5. The topological polar surface area (TPSA) is 120 Å². The molecule has 0 saturated carbocycles. The number of nitrogens with zero attached hydrogens (tertiary/aromatic N) is 1. The molecule has 44 heavy (non-hydrogen) atoms. The first-order chi connectivity index (χ1) is 21.2. The average Bonchev–Trinajstić information content (AvgIpc) is 3.00. The predicted molar refractivity (Wildman–Crippen MR) is 172 cm³/mol. The highest BCUT2D eigenvalue weighted by Crippen LogP contribution is 2.37. The molecule has 0 unspecified atom stereocenters. The third kappa shape index (κ3) is 8.27. The van der Waals surface area contributed by atoms with Crippen molar-refractivity contribution >= 4 is 47.0 Å². The van der Waals surface area contributed by atoms with Crippen LogP contribution in [0.3, 0.4) is 0 Å². The van der Waals surface area contributed by atoms with E-state index in [1.54, 1.807) is 50.2 Å². The molecule has 0 fully saturated rings. The van der Waals surface area contributed by atoms with Crippen LogP contribution in [0, 0.1) is 6.92 Å². The SMILES string of the molecule is CCOC(=O)C1=C(C)NC(=S)N[C@@H]1c1ccccc1OCC(=O)NN=Cc1cc(Cl)c(OCc2ccc(C)cc2)c(OC)c1. The Morgan fingerprint density at radius 3 is 2.55 bits per heavy atom. The fourth-order valence-electron chi connectivity index (χ4n) is 4.41. The maximum absolute atomic E-state index is 12.7. The quantitative estimate of drug-likeness (QED) is 0.108. The van der Waals surface area contributed by atoms with Crippen molar-refractivity contribution in [2.45, 2.75) is 33.4 Å². The van der Waals surface area contributed by atoms with Crippen LogP contribution in [0.1, 0.15) is 42.1 Å². The molecule has 230 valence electrons. The highest BCUT2D eigenvalue weighted by Gasteiger charge is 2.32. The molecule has 4 rings (SSSR count). The first-order valence-corrected chi connectivity index (χ1v) is 14.5. The van der Waals surface area contributed by atoms with E-state index in [0.717, 1.165) is 11.1 Å². The van der Waals surface area contributed by atoms with Crippen LogP contribution in [-0.4, -0.2) is 43.5 Å². The second-order valence-electron chi connectivity index (χ2n) is 9.72. The molecule has 0 bridgehead atoms. The number of methoxy groups -OCH3 is 1. The number of esters is 1. The number of thiocarbonyl (C=S) groups is 1. The Kier molecular flexibility index (Phi) is 11.2. The van der Waals surface area contributed by atoms with Crippen LogP contribution in [0.4, 0.5) is 0 Å². The molecule has 3 aromatic carbocycles. The third-order valence-electron chi connectivity index (χ3n) is 6.51. The number of nitrogens with one attached hydrogen (secondary N) is 3. The van der Waals surface area contributed by atoms with Crippen LogP contribution in [0.5, 0.6) is 17.2 Å². The van der Waals surface area contributed by atoms with Gasteiger partial charge in [0.05, 0.1) is 36.6 Å². The molecular formula is C32H33ClN4O6S. The van der Waals surface area contributed by atoms with Crippen LogP contribution in [0.2, 0.25) is 5.02 Å². The minimum absolute atomic E-state index is 0.219. The van der Waals surface area contributed by atoms with Crippen molar-refractivity contribution in [3.05, 3.63) is 99.2 Å². The van der Waals surface area contributed by atoms with E-state index in [0.29, 0.717) is 56.4 Å². The smallest absolute Gasteiger partial charge is 0.338 e. The summed E-state index contributed by atoms with van der Waals surface area (Å²) in [5.74, 6) is 0.236. The normalized spacial score (nSPS) is 14.5. The molecular weight excluding hydrogens is 604 g/mol.